The average Bonchev–Trinajstić information content (AvgIpc) is 3.39. The molecule has 0 N–H and O–H groups in total. The number of carbonyl (C=O) groups excluding carboxylic acids is 1. The van der Waals surface area contributed by atoms with Crippen LogP contribution in [0.3, 0.4) is 0 Å². The van der Waals surface area contributed by atoms with Crippen LogP contribution in [0.1, 0.15) is 69.1 Å². The lowest BCUT2D eigenvalue weighted by molar-refractivity contribution is -0.122. The minimum absolute atomic E-state index is 0.0749. The lowest BCUT2D eigenvalue weighted by atomic mass is 9.99. The Morgan fingerprint density at radius 1 is 1.25 bits per heavy atom. The Kier molecular flexibility index (Phi) is 8.18. The molecule has 0 aliphatic carbocycles. The number of rotatable bonds is 8. The van der Waals surface area contributed by atoms with E-state index in [0.717, 1.165) is 63.0 Å². The number of nitriles is 1. The van der Waals surface area contributed by atoms with Gasteiger partial charge in [0.1, 0.15) is 21.8 Å². The van der Waals surface area contributed by atoms with E-state index < -0.39 is 0 Å². The van der Waals surface area contributed by atoms with Crippen molar-refractivity contribution in [1.29, 1.82) is 5.26 Å². The Bertz CT molecular complexity index is 1030. The lowest BCUT2D eigenvalue weighted by Gasteiger charge is -2.25. The van der Waals surface area contributed by atoms with Gasteiger partial charge in [0.15, 0.2) is 0 Å². The molecular weight excluding hydrogens is 440 g/mol. The summed E-state index contributed by atoms with van der Waals surface area (Å²) in [5.41, 5.74) is 1.22. The second-order valence-electron chi connectivity index (χ2n) is 8.62. The number of anilines is 1. The van der Waals surface area contributed by atoms with Gasteiger partial charge in [0.25, 0.3) is 11.5 Å². The summed E-state index contributed by atoms with van der Waals surface area (Å²) in [6, 6.07) is 2.06. The quantitative estimate of drug-likeness (QED) is 0.407. The van der Waals surface area contributed by atoms with E-state index in [9.17, 15) is 14.9 Å². The zero-order chi connectivity index (χ0) is 23.4. The molecule has 6 nitrogen and oxygen atoms in total. The van der Waals surface area contributed by atoms with Gasteiger partial charge in [-0.25, -0.2) is 0 Å². The van der Waals surface area contributed by atoms with E-state index in [2.05, 4.69) is 24.8 Å². The number of amides is 1. The molecule has 1 atom stereocenters. The van der Waals surface area contributed by atoms with Crippen molar-refractivity contribution in [2.75, 3.05) is 24.5 Å². The summed E-state index contributed by atoms with van der Waals surface area (Å²) in [5.74, 6) is 1.14. The van der Waals surface area contributed by atoms with Crippen LogP contribution in [0, 0.1) is 24.2 Å². The predicted molar refractivity (Wildman–Crippen MR) is 136 cm³/mol. The SMILES string of the molecule is CCCCC(CC)CN1C(=O)/C(=C/c2c(C)c(C#N)c(=O)n(C)c2N2CCCC2)SC1=S. The zero-order valence-electron chi connectivity index (χ0n) is 19.4. The fourth-order valence-corrected chi connectivity index (χ4v) is 5.74. The molecule has 3 heterocycles. The smallest absolute Gasteiger partial charge is 0.270 e. The maximum atomic E-state index is 13.3. The van der Waals surface area contributed by atoms with Crippen molar-refractivity contribution in [3.8, 4) is 6.07 Å². The van der Waals surface area contributed by atoms with E-state index in [1.807, 2.05) is 6.08 Å². The number of hydrogen-bond donors (Lipinski definition) is 0. The molecule has 1 amide bonds. The third-order valence-electron chi connectivity index (χ3n) is 6.51. The molecule has 0 aromatic carbocycles. The molecule has 1 unspecified atom stereocenters. The number of hydrogen-bond acceptors (Lipinski definition) is 6. The molecule has 8 heteroatoms. The molecule has 2 saturated heterocycles. The van der Waals surface area contributed by atoms with Crippen molar-refractivity contribution in [3.63, 3.8) is 0 Å². The van der Waals surface area contributed by atoms with Crippen LogP contribution in [0.4, 0.5) is 5.82 Å². The maximum Gasteiger partial charge on any atom is 0.270 e. The molecule has 0 spiro atoms. The first-order valence-corrected chi connectivity index (χ1v) is 12.7. The van der Waals surface area contributed by atoms with Crippen LogP contribution >= 0.6 is 24.0 Å². The predicted octanol–water partition coefficient (Wildman–Crippen LogP) is 4.58. The number of thiocarbonyl (C=S) groups is 1. The fraction of sp³-hybridized carbons (Fsp3) is 0.583. The molecule has 172 valence electrons. The minimum atomic E-state index is -0.293. The van der Waals surface area contributed by atoms with Gasteiger partial charge in [0.2, 0.25) is 0 Å². The second kappa shape index (κ2) is 10.7. The summed E-state index contributed by atoms with van der Waals surface area (Å²) in [6.07, 6.45) is 8.36. The average molecular weight is 473 g/mol. The Morgan fingerprint density at radius 3 is 2.53 bits per heavy atom. The first-order valence-electron chi connectivity index (χ1n) is 11.5. The second-order valence-corrected chi connectivity index (χ2v) is 10.3. The van der Waals surface area contributed by atoms with E-state index in [-0.39, 0.29) is 17.0 Å². The van der Waals surface area contributed by atoms with Gasteiger partial charge in [-0.15, -0.1) is 0 Å². The molecule has 1 aromatic rings. The minimum Gasteiger partial charge on any atom is -0.357 e. The third-order valence-corrected chi connectivity index (χ3v) is 7.88. The Morgan fingerprint density at radius 2 is 1.94 bits per heavy atom. The number of thioether (sulfide) groups is 1. The summed E-state index contributed by atoms with van der Waals surface area (Å²) < 4.78 is 2.14. The summed E-state index contributed by atoms with van der Waals surface area (Å²) in [4.78, 5) is 30.6. The Hall–Kier alpha value is -2.11. The molecule has 2 aliphatic heterocycles. The van der Waals surface area contributed by atoms with Crippen LogP contribution in [0.25, 0.3) is 6.08 Å². The monoisotopic (exact) mass is 472 g/mol. The van der Waals surface area contributed by atoms with Gasteiger partial charge >= 0.3 is 0 Å². The molecule has 2 aliphatic rings. The van der Waals surface area contributed by atoms with Gasteiger partial charge in [-0.05, 0) is 43.7 Å². The molecular formula is C24H32N4O2S2. The number of nitrogens with zero attached hydrogens (tertiary/aromatic N) is 4. The van der Waals surface area contributed by atoms with Gasteiger partial charge in [0, 0.05) is 32.2 Å². The summed E-state index contributed by atoms with van der Waals surface area (Å²) in [6.45, 7) is 8.49. The van der Waals surface area contributed by atoms with Crippen LogP contribution in [0.15, 0.2) is 9.70 Å². The van der Waals surface area contributed by atoms with Crippen LogP contribution in [0.5, 0.6) is 0 Å². The fourth-order valence-electron chi connectivity index (χ4n) is 4.49. The first kappa shape index (κ1) is 24.5. The van der Waals surface area contributed by atoms with E-state index in [4.69, 9.17) is 12.2 Å². The number of pyridine rings is 1. The highest BCUT2D eigenvalue weighted by molar-refractivity contribution is 8.26. The van der Waals surface area contributed by atoms with Crippen molar-refractivity contribution >= 4 is 46.1 Å². The van der Waals surface area contributed by atoms with Gasteiger partial charge in [0.05, 0.1) is 4.91 Å². The van der Waals surface area contributed by atoms with Crippen molar-refractivity contribution in [3.05, 3.63) is 31.9 Å². The van der Waals surface area contributed by atoms with E-state index in [1.54, 1.807) is 23.4 Å². The molecule has 32 heavy (non-hydrogen) atoms. The van der Waals surface area contributed by atoms with Crippen molar-refractivity contribution in [1.82, 2.24) is 9.47 Å². The van der Waals surface area contributed by atoms with E-state index in [1.165, 1.54) is 11.8 Å². The highest BCUT2D eigenvalue weighted by Gasteiger charge is 2.34. The van der Waals surface area contributed by atoms with E-state index in [0.29, 0.717) is 27.3 Å². The van der Waals surface area contributed by atoms with Crippen molar-refractivity contribution in [2.45, 2.75) is 59.3 Å². The lowest BCUT2D eigenvalue weighted by Crippen LogP contribution is -2.33. The van der Waals surface area contributed by atoms with Crippen LogP contribution in [0.2, 0.25) is 0 Å². The molecule has 0 saturated carbocycles. The maximum absolute atomic E-state index is 13.3. The van der Waals surface area contributed by atoms with Crippen molar-refractivity contribution < 1.29 is 4.79 Å². The van der Waals surface area contributed by atoms with Crippen LogP contribution in [-0.2, 0) is 11.8 Å². The van der Waals surface area contributed by atoms with Crippen molar-refractivity contribution in [2.24, 2.45) is 13.0 Å². The topological polar surface area (TPSA) is 69.3 Å². The van der Waals surface area contributed by atoms with Gasteiger partial charge in [-0.2, -0.15) is 5.26 Å². The molecule has 2 fully saturated rings. The third kappa shape index (κ3) is 4.79. The number of carbonyl (C=O) groups is 1. The van der Waals surface area contributed by atoms with Gasteiger partial charge < -0.3 is 4.90 Å². The van der Waals surface area contributed by atoms with Gasteiger partial charge in [-0.1, -0.05) is 57.1 Å². The van der Waals surface area contributed by atoms with Crippen LogP contribution in [-0.4, -0.2) is 39.3 Å². The number of unbranched alkanes of at least 4 members (excludes halogenated alkanes) is 1. The first-order chi connectivity index (χ1) is 15.3. The molecule has 0 bridgehead atoms. The highest BCUT2D eigenvalue weighted by atomic mass is 32.2. The molecule has 0 radical (unpaired) electrons. The summed E-state index contributed by atoms with van der Waals surface area (Å²) in [7, 11) is 1.71. The Balaban J connectivity index is 2.01. The van der Waals surface area contributed by atoms with E-state index >= 15 is 0 Å². The van der Waals surface area contributed by atoms with Crippen LogP contribution < -0.4 is 10.5 Å². The largest absolute Gasteiger partial charge is 0.357 e. The summed E-state index contributed by atoms with van der Waals surface area (Å²) >= 11 is 6.88. The Labute approximate surface area is 200 Å². The molecule has 1 aromatic heterocycles. The standard InChI is InChI=1S/C24H32N4O2S2/c1-5-7-10-17(6-2)15-28-23(30)20(32-24(28)31)13-18-16(3)19(14-25)22(29)26(4)21(18)27-11-8-9-12-27/h13,17H,5-12,15H2,1-4H3/b20-13-. The highest BCUT2D eigenvalue weighted by Crippen LogP contribution is 2.37. The zero-order valence-corrected chi connectivity index (χ0v) is 21.1. The molecule has 3 rings (SSSR count). The van der Waals surface area contributed by atoms with Gasteiger partial charge in [-0.3, -0.25) is 19.1 Å². The summed E-state index contributed by atoms with van der Waals surface area (Å²) in [5, 5.41) is 9.60. The normalized spacial score (nSPS) is 18.7. The number of aromatic nitrogens is 1.